The van der Waals surface area contributed by atoms with Crippen LogP contribution in [0, 0.1) is 0 Å². The van der Waals surface area contributed by atoms with Gasteiger partial charge in [-0.2, -0.15) is 0 Å². The Morgan fingerprint density at radius 2 is 1.50 bits per heavy atom. The minimum atomic E-state index is 0. The standard InChI is InChI=1S/C6H3Cl3.Zn/c7-4-1-2-5(8)6(9)3-4;/h1-3H;. The molecule has 0 saturated carbocycles. The molecule has 0 saturated heterocycles. The van der Waals surface area contributed by atoms with Crippen molar-refractivity contribution in [1.82, 2.24) is 0 Å². The van der Waals surface area contributed by atoms with Crippen LogP contribution in [-0.2, 0) is 19.5 Å². The van der Waals surface area contributed by atoms with Gasteiger partial charge in [-0.15, -0.1) is 0 Å². The Morgan fingerprint density at radius 1 is 0.900 bits per heavy atom. The summed E-state index contributed by atoms with van der Waals surface area (Å²) >= 11 is 16.8. The van der Waals surface area contributed by atoms with Crippen LogP contribution in [0.2, 0.25) is 15.1 Å². The fourth-order valence-electron chi connectivity index (χ4n) is 0.470. The summed E-state index contributed by atoms with van der Waals surface area (Å²) < 4.78 is 0. The van der Waals surface area contributed by atoms with Gasteiger partial charge >= 0.3 is 0 Å². The summed E-state index contributed by atoms with van der Waals surface area (Å²) in [6.07, 6.45) is 0. The molecule has 0 amide bonds. The molecule has 0 N–H and O–H groups in total. The number of hydrogen-bond donors (Lipinski definition) is 0. The SMILES string of the molecule is Clc1ccc(Cl)c(Cl)c1.[Zn]. The molecule has 0 nitrogen and oxygen atoms in total. The van der Waals surface area contributed by atoms with Gasteiger partial charge in [0.05, 0.1) is 10.0 Å². The molecule has 4 heteroatoms. The molecule has 10 heavy (non-hydrogen) atoms. The molecule has 0 aliphatic rings. The molecule has 0 aromatic heterocycles. The molecule has 50 valence electrons. The Morgan fingerprint density at radius 3 is 1.90 bits per heavy atom. The second-order valence-electron chi connectivity index (χ2n) is 1.56. The number of hydrogen-bond acceptors (Lipinski definition) is 0. The van der Waals surface area contributed by atoms with Crippen LogP contribution in [0.25, 0.3) is 0 Å². The van der Waals surface area contributed by atoms with Gasteiger partial charge in [-0.1, -0.05) is 34.8 Å². The van der Waals surface area contributed by atoms with E-state index < -0.39 is 0 Å². The van der Waals surface area contributed by atoms with Crippen LogP contribution >= 0.6 is 34.8 Å². The maximum Gasteiger partial charge on any atom is 0.0607 e. The quantitative estimate of drug-likeness (QED) is 0.484. The van der Waals surface area contributed by atoms with Gasteiger partial charge in [0.25, 0.3) is 0 Å². The van der Waals surface area contributed by atoms with Crippen LogP contribution in [-0.4, -0.2) is 0 Å². The molecule has 0 unspecified atom stereocenters. The minimum Gasteiger partial charge on any atom is -0.0843 e. The van der Waals surface area contributed by atoms with Gasteiger partial charge in [0.2, 0.25) is 0 Å². The first-order valence-electron chi connectivity index (χ1n) is 2.30. The van der Waals surface area contributed by atoms with Crippen molar-refractivity contribution in [2.45, 2.75) is 0 Å². The fraction of sp³-hybridized carbons (Fsp3) is 0. The van der Waals surface area contributed by atoms with Crippen LogP contribution in [0.5, 0.6) is 0 Å². The molecule has 0 heterocycles. The van der Waals surface area contributed by atoms with Crippen molar-refractivity contribution in [3.8, 4) is 0 Å². The molecule has 0 spiro atoms. The van der Waals surface area contributed by atoms with Crippen LogP contribution < -0.4 is 0 Å². The molecule has 0 bridgehead atoms. The van der Waals surface area contributed by atoms with Gasteiger partial charge in [-0.3, -0.25) is 0 Å². The normalized spacial score (nSPS) is 8.70. The first-order valence-corrected chi connectivity index (χ1v) is 3.44. The van der Waals surface area contributed by atoms with E-state index in [0.29, 0.717) is 15.1 Å². The molecule has 0 atom stereocenters. The number of benzene rings is 1. The molecular weight excluding hydrogens is 244 g/mol. The number of rotatable bonds is 0. The van der Waals surface area contributed by atoms with E-state index in [4.69, 9.17) is 34.8 Å². The van der Waals surface area contributed by atoms with Crippen LogP contribution in [0.4, 0.5) is 0 Å². The van der Waals surface area contributed by atoms with Gasteiger partial charge in [-0.05, 0) is 18.2 Å². The van der Waals surface area contributed by atoms with Crippen molar-refractivity contribution in [1.29, 1.82) is 0 Å². The zero-order valence-corrected chi connectivity index (χ0v) is 10.3. The van der Waals surface area contributed by atoms with E-state index in [0.717, 1.165) is 0 Å². The zero-order chi connectivity index (χ0) is 6.85. The Kier molecular flexibility index (Phi) is 4.89. The molecule has 0 radical (unpaired) electrons. The zero-order valence-electron chi connectivity index (χ0n) is 5.07. The van der Waals surface area contributed by atoms with Crippen molar-refractivity contribution < 1.29 is 19.5 Å². The van der Waals surface area contributed by atoms with E-state index in [2.05, 4.69) is 0 Å². The van der Waals surface area contributed by atoms with Gasteiger partial charge in [0.1, 0.15) is 0 Å². The van der Waals surface area contributed by atoms with Crippen molar-refractivity contribution in [3.05, 3.63) is 33.3 Å². The summed E-state index contributed by atoms with van der Waals surface area (Å²) in [5.74, 6) is 0. The van der Waals surface area contributed by atoms with Crippen molar-refractivity contribution in [3.63, 3.8) is 0 Å². The van der Waals surface area contributed by atoms with E-state index in [1.54, 1.807) is 18.2 Å². The Balaban J connectivity index is 0.000000810. The first-order chi connectivity index (χ1) is 4.20. The molecule has 0 aliphatic carbocycles. The molecule has 1 aromatic carbocycles. The van der Waals surface area contributed by atoms with E-state index in [1.807, 2.05) is 0 Å². The average Bonchev–Trinajstić information content (AvgIpc) is 1.80. The Labute approximate surface area is 87.2 Å². The predicted molar refractivity (Wildman–Crippen MR) is 41.5 cm³/mol. The topological polar surface area (TPSA) is 0 Å². The van der Waals surface area contributed by atoms with E-state index >= 15 is 0 Å². The van der Waals surface area contributed by atoms with Crippen molar-refractivity contribution >= 4 is 34.8 Å². The van der Waals surface area contributed by atoms with Crippen LogP contribution in [0.3, 0.4) is 0 Å². The fourth-order valence-corrected chi connectivity index (χ4v) is 0.997. The summed E-state index contributed by atoms with van der Waals surface area (Å²) in [5, 5.41) is 1.62. The maximum atomic E-state index is 5.60. The Hall–Kier alpha value is 0.713. The largest absolute Gasteiger partial charge is 0.0843 e. The maximum absolute atomic E-state index is 5.60. The van der Waals surface area contributed by atoms with Gasteiger partial charge in [-0.25, -0.2) is 0 Å². The van der Waals surface area contributed by atoms with E-state index in [1.165, 1.54) is 0 Å². The molecular formula is C6H3Cl3Zn. The third kappa shape index (κ3) is 2.76. The third-order valence-electron chi connectivity index (χ3n) is 0.882. The second-order valence-corrected chi connectivity index (χ2v) is 2.81. The monoisotopic (exact) mass is 244 g/mol. The van der Waals surface area contributed by atoms with Gasteiger partial charge in [0.15, 0.2) is 0 Å². The van der Waals surface area contributed by atoms with Crippen molar-refractivity contribution in [2.24, 2.45) is 0 Å². The summed E-state index contributed by atoms with van der Waals surface area (Å²) in [6, 6.07) is 4.95. The average molecular weight is 247 g/mol. The van der Waals surface area contributed by atoms with Gasteiger partial charge in [0, 0.05) is 24.5 Å². The van der Waals surface area contributed by atoms with E-state index in [-0.39, 0.29) is 19.5 Å². The molecule has 1 rings (SSSR count). The molecule has 1 aromatic rings. The van der Waals surface area contributed by atoms with E-state index in [9.17, 15) is 0 Å². The molecule has 0 aliphatic heterocycles. The first kappa shape index (κ1) is 10.7. The minimum absolute atomic E-state index is 0. The summed E-state index contributed by atoms with van der Waals surface area (Å²) in [4.78, 5) is 0. The molecule has 0 fully saturated rings. The second kappa shape index (κ2) is 4.56. The summed E-state index contributed by atoms with van der Waals surface area (Å²) in [7, 11) is 0. The van der Waals surface area contributed by atoms with Crippen LogP contribution in [0.1, 0.15) is 0 Å². The number of halogens is 3. The van der Waals surface area contributed by atoms with Crippen LogP contribution in [0.15, 0.2) is 18.2 Å². The summed E-state index contributed by atoms with van der Waals surface area (Å²) in [6.45, 7) is 0. The Bertz CT molecular complexity index is 224. The third-order valence-corrected chi connectivity index (χ3v) is 1.86. The smallest absolute Gasteiger partial charge is 0.0607 e. The summed E-state index contributed by atoms with van der Waals surface area (Å²) in [5.41, 5.74) is 0. The van der Waals surface area contributed by atoms with Crippen molar-refractivity contribution in [2.75, 3.05) is 0 Å². The predicted octanol–water partition coefficient (Wildman–Crippen LogP) is 3.64. The van der Waals surface area contributed by atoms with Gasteiger partial charge < -0.3 is 0 Å².